The zero-order valence-corrected chi connectivity index (χ0v) is 17.0. The first-order chi connectivity index (χ1) is 13.1. The fourth-order valence-electron chi connectivity index (χ4n) is 3.64. The van der Waals surface area contributed by atoms with Gasteiger partial charge in [0.05, 0.1) is 13.2 Å². The van der Waals surface area contributed by atoms with Crippen molar-refractivity contribution in [1.29, 1.82) is 0 Å². The highest BCUT2D eigenvalue weighted by molar-refractivity contribution is 5.84. The lowest BCUT2D eigenvalue weighted by molar-refractivity contribution is -0.127. The van der Waals surface area contributed by atoms with Crippen molar-refractivity contribution in [2.24, 2.45) is 4.99 Å². The summed E-state index contributed by atoms with van der Waals surface area (Å²) in [4.78, 5) is 23.1. The first-order valence-corrected chi connectivity index (χ1v) is 10.4. The zero-order chi connectivity index (χ0) is 19.1. The van der Waals surface area contributed by atoms with Crippen LogP contribution in [0, 0.1) is 0 Å². The molecule has 0 bridgehead atoms. The molecule has 1 aliphatic carbocycles. The molecule has 27 heavy (non-hydrogen) atoms. The van der Waals surface area contributed by atoms with Gasteiger partial charge in [0, 0.05) is 65.4 Å². The smallest absolute Gasteiger partial charge is 0.243 e. The molecular weight excluding hydrogens is 344 g/mol. The van der Waals surface area contributed by atoms with Crippen molar-refractivity contribution in [1.82, 2.24) is 25.3 Å². The SMILES string of the molecule is CN(C)C(=O)CN=C(NCCN1CCOCC1)NC1CCN(C2CC2)CC1. The number of aliphatic imine (C=N–C) groups is 1. The second-order valence-electron chi connectivity index (χ2n) is 8.02. The number of nitrogens with zero attached hydrogens (tertiary/aromatic N) is 4. The van der Waals surface area contributed by atoms with Gasteiger partial charge in [-0.2, -0.15) is 0 Å². The number of nitrogens with one attached hydrogen (secondary N) is 2. The number of hydrogen-bond acceptors (Lipinski definition) is 5. The van der Waals surface area contributed by atoms with Gasteiger partial charge >= 0.3 is 0 Å². The molecule has 2 N–H and O–H groups in total. The average molecular weight is 381 g/mol. The van der Waals surface area contributed by atoms with E-state index in [4.69, 9.17) is 4.74 Å². The largest absolute Gasteiger partial charge is 0.379 e. The minimum atomic E-state index is 0.0211. The zero-order valence-electron chi connectivity index (χ0n) is 17.0. The van der Waals surface area contributed by atoms with E-state index in [1.54, 1.807) is 19.0 Å². The van der Waals surface area contributed by atoms with Crippen LogP contribution in [0.4, 0.5) is 0 Å². The minimum absolute atomic E-state index is 0.0211. The fourth-order valence-corrected chi connectivity index (χ4v) is 3.64. The van der Waals surface area contributed by atoms with Crippen LogP contribution in [0.3, 0.4) is 0 Å². The van der Waals surface area contributed by atoms with Crippen LogP contribution in [-0.2, 0) is 9.53 Å². The monoisotopic (exact) mass is 380 g/mol. The first kappa shape index (κ1) is 20.4. The van der Waals surface area contributed by atoms with E-state index in [-0.39, 0.29) is 12.5 Å². The normalized spacial score (nSPS) is 23.3. The second kappa shape index (κ2) is 10.2. The van der Waals surface area contributed by atoms with E-state index in [9.17, 15) is 4.79 Å². The summed E-state index contributed by atoms with van der Waals surface area (Å²) in [6.07, 6.45) is 5.03. The second-order valence-corrected chi connectivity index (χ2v) is 8.02. The van der Waals surface area contributed by atoms with E-state index in [1.165, 1.54) is 25.9 Å². The molecule has 154 valence electrons. The van der Waals surface area contributed by atoms with Crippen molar-refractivity contribution in [3.05, 3.63) is 0 Å². The van der Waals surface area contributed by atoms with Crippen molar-refractivity contribution < 1.29 is 9.53 Å². The van der Waals surface area contributed by atoms with Gasteiger partial charge in [-0.3, -0.25) is 9.69 Å². The van der Waals surface area contributed by atoms with E-state index in [0.29, 0.717) is 6.04 Å². The topological polar surface area (TPSA) is 72.4 Å². The van der Waals surface area contributed by atoms with Crippen molar-refractivity contribution in [3.63, 3.8) is 0 Å². The highest BCUT2D eigenvalue weighted by Gasteiger charge is 2.31. The van der Waals surface area contributed by atoms with Gasteiger partial charge in [-0.25, -0.2) is 4.99 Å². The average Bonchev–Trinajstić information content (AvgIpc) is 3.52. The fraction of sp³-hybridized carbons (Fsp3) is 0.895. The number of ether oxygens (including phenoxy) is 1. The van der Waals surface area contributed by atoms with E-state index < -0.39 is 0 Å². The van der Waals surface area contributed by atoms with E-state index >= 15 is 0 Å². The standard InChI is InChI=1S/C19H36N6O2/c1-23(2)18(26)15-21-19(20-7-10-24-11-13-27-14-12-24)22-16-5-8-25(9-6-16)17-3-4-17/h16-17H,3-15H2,1-2H3,(H2,20,21,22). The van der Waals surface area contributed by atoms with Gasteiger partial charge in [0.25, 0.3) is 0 Å². The molecule has 8 heteroatoms. The molecule has 0 aromatic carbocycles. The predicted octanol–water partition coefficient (Wildman–Crippen LogP) is -0.431. The molecule has 3 aliphatic rings. The lowest BCUT2D eigenvalue weighted by atomic mass is 10.1. The van der Waals surface area contributed by atoms with Crippen LogP contribution < -0.4 is 10.6 Å². The molecule has 0 atom stereocenters. The predicted molar refractivity (Wildman–Crippen MR) is 107 cm³/mol. The molecule has 0 radical (unpaired) electrons. The molecule has 1 amide bonds. The maximum atomic E-state index is 11.9. The number of carbonyl (C=O) groups excluding carboxylic acids is 1. The van der Waals surface area contributed by atoms with Gasteiger partial charge in [0.2, 0.25) is 5.91 Å². The van der Waals surface area contributed by atoms with Crippen molar-refractivity contribution in [3.8, 4) is 0 Å². The highest BCUT2D eigenvalue weighted by atomic mass is 16.5. The molecule has 0 unspecified atom stereocenters. The molecule has 0 spiro atoms. The highest BCUT2D eigenvalue weighted by Crippen LogP contribution is 2.29. The van der Waals surface area contributed by atoms with E-state index in [0.717, 1.165) is 64.2 Å². The summed E-state index contributed by atoms with van der Waals surface area (Å²) < 4.78 is 5.40. The van der Waals surface area contributed by atoms with Gasteiger partial charge < -0.3 is 25.2 Å². The summed E-state index contributed by atoms with van der Waals surface area (Å²) in [6.45, 7) is 7.91. The van der Waals surface area contributed by atoms with E-state index in [1.807, 2.05) is 0 Å². The van der Waals surface area contributed by atoms with Crippen molar-refractivity contribution in [2.75, 3.05) is 73.1 Å². The van der Waals surface area contributed by atoms with Gasteiger partial charge in [-0.1, -0.05) is 0 Å². The van der Waals surface area contributed by atoms with Gasteiger partial charge in [0.1, 0.15) is 6.54 Å². The van der Waals surface area contributed by atoms with Gasteiger partial charge in [-0.05, 0) is 25.7 Å². The maximum Gasteiger partial charge on any atom is 0.243 e. The quantitative estimate of drug-likeness (QED) is 0.461. The molecule has 3 rings (SSSR count). The Bertz CT molecular complexity index is 494. The third kappa shape index (κ3) is 6.93. The lowest BCUT2D eigenvalue weighted by Gasteiger charge is -2.33. The molecule has 8 nitrogen and oxygen atoms in total. The number of carbonyl (C=O) groups is 1. The molecule has 2 heterocycles. The third-order valence-corrected chi connectivity index (χ3v) is 5.63. The first-order valence-electron chi connectivity index (χ1n) is 10.4. The van der Waals surface area contributed by atoms with Crippen molar-refractivity contribution >= 4 is 11.9 Å². The Morgan fingerprint density at radius 2 is 1.81 bits per heavy atom. The van der Waals surface area contributed by atoms with Crippen LogP contribution in [0.15, 0.2) is 4.99 Å². The minimum Gasteiger partial charge on any atom is -0.379 e. The molecule has 2 saturated heterocycles. The van der Waals surface area contributed by atoms with Crippen LogP contribution in [0.5, 0.6) is 0 Å². The van der Waals surface area contributed by atoms with Crippen LogP contribution >= 0.6 is 0 Å². The van der Waals surface area contributed by atoms with Crippen molar-refractivity contribution in [2.45, 2.75) is 37.8 Å². The number of rotatable bonds is 7. The Labute approximate surface area is 163 Å². The Kier molecular flexibility index (Phi) is 7.72. The molecule has 3 fully saturated rings. The number of morpholine rings is 1. The summed E-state index contributed by atoms with van der Waals surface area (Å²) in [7, 11) is 3.54. The summed E-state index contributed by atoms with van der Waals surface area (Å²) in [5, 5.41) is 6.99. The molecule has 0 aromatic heterocycles. The summed E-state index contributed by atoms with van der Waals surface area (Å²) in [5.41, 5.74) is 0. The lowest BCUT2D eigenvalue weighted by Crippen LogP contribution is -2.50. The van der Waals surface area contributed by atoms with Gasteiger partial charge in [-0.15, -0.1) is 0 Å². The number of likely N-dealkylation sites (N-methyl/N-ethyl adjacent to an activating group) is 1. The van der Waals surface area contributed by atoms with Crippen LogP contribution in [0.25, 0.3) is 0 Å². The Morgan fingerprint density at radius 1 is 1.11 bits per heavy atom. The summed E-state index contributed by atoms with van der Waals surface area (Å²) >= 11 is 0. The number of amides is 1. The number of hydrogen-bond donors (Lipinski definition) is 2. The summed E-state index contributed by atoms with van der Waals surface area (Å²) in [6, 6.07) is 1.28. The van der Waals surface area contributed by atoms with Crippen LogP contribution in [0.2, 0.25) is 0 Å². The summed E-state index contributed by atoms with van der Waals surface area (Å²) in [5.74, 6) is 0.788. The molecule has 1 saturated carbocycles. The third-order valence-electron chi connectivity index (χ3n) is 5.63. The molecule has 2 aliphatic heterocycles. The van der Waals surface area contributed by atoms with E-state index in [2.05, 4.69) is 25.4 Å². The Morgan fingerprint density at radius 3 is 2.44 bits per heavy atom. The molecule has 0 aromatic rings. The Balaban J connectivity index is 1.45. The molecular formula is C19H36N6O2. The number of guanidine groups is 1. The van der Waals surface area contributed by atoms with Crippen LogP contribution in [0.1, 0.15) is 25.7 Å². The Hall–Kier alpha value is -1.38. The number of piperidine rings is 1. The van der Waals surface area contributed by atoms with Crippen LogP contribution in [-0.4, -0.2) is 112 Å². The van der Waals surface area contributed by atoms with Gasteiger partial charge in [0.15, 0.2) is 5.96 Å². The number of likely N-dealkylation sites (tertiary alicyclic amines) is 1. The maximum absolute atomic E-state index is 11.9.